The summed E-state index contributed by atoms with van der Waals surface area (Å²) in [6, 6.07) is 0. The summed E-state index contributed by atoms with van der Waals surface area (Å²) in [4.78, 5) is 2.38. The van der Waals surface area contributed by atoms with Crippen molar-refractivity contribution in [1.82, 2.24) is 4.90 Å². The van der Waals surface area contributed by atoms with Crippen molar-refractivity contribution >= 4 is 11.4 Å². The minimum Gasteiger partial charge on any atom is -0.784 e. The predicted octanol–water partition coefficient (Wildman–Crippen LogP) is 0.344. The lowest BCUT2D eigenvalue weighted by atomic mass is 10.5. The fourth-order valence-electron chi connectivity index (χ4n) is 0.671. The third kappa shape index (κ3) is 17.8. The van der Waals surface area contributed by atoms with Gasteiger partial charge in [-0.05, 0) is 19.6 Å². The fraction of sp³-hybridized carbons (Fsp3) is 1.00. The largest absolute Gasteiger partial charge is 0.784 e. The van der Waals surface area contributed by atoms with Crippen LogP contribution in [0.2, 0.25) is 0 Å². The van der Waals surface area contributed by atoms with Crippen LogP contribution in [0, 0.1) is 0 Å². The van der Waals surface area contributed by atoms with Gasteiger partial charge in [-0.15, -0.1) is 11.4 Å². The monoisotopic (exact) mass is 181 g/mol. The van der Waals surface area contributed by atoms with Crippen LogP contribution in [-0.2, 0) is 11.4 Å². The van der Waals surface area contributed by atoms with Gasteiger partial charge in [-0.3, -0.25) is 4.21 Å². The molecule has 0 bridgehead atoms. The van der Waals surface area contributed by atoms with Crippen LogP contribution in [0.1, 0.15) is 20.8 Å². The van der Waals surface area contributed by atoms with E-state index in [2.05, 4.69) is 25.7 Å². The number of hydrogen-bond acceptors (Lipinski definition) is 4. The molecular formula is C6H15NO3S-2. The van der Waals surface area contributed by atoms with E-state index in [-0.39, 0.29) is 0 Å². The third-order valence-electron chi connectivity index (χ3n) is 1.34. The molecule has 0 aliphatic carbocycles. The average Bonchev–Trinajstić information content (AvgIpc) is 1.90. The van der Waals surface area contributed by atoms with E-state index in [0.29, 0.717) is 0 Å². The van der Waals surface area contributed by atoms with Gasteiger partial charge < -0.3 is 14.0 Å². The van der Waals surface area contributed by atoms with Crippen molar-refractivity contribution in [3.8, 4) is 0 Å². The Hall–Kier alpha value is 0.0300. The molecular weight excluding hydrogens is 166 g/mol. The molecule has 0 rings (SSSR count). The van der Waals surface area contributed by atoms with E-state index in [1.54, 1.807) is 0 Å². The molecule has 0 aromatic carbocycles. The Bertz CT molecular complexity index is 86.3. The minimum atomic E-state index is -3.11. The van der Waals surface area contributed by atoms with Crippen LogP contribution in [0.3, 0.4) is 0 Å². The Morgan fingerprint density at radius 2 is 1.27 bits per heavy atom. The molecule has 0 saturated carbocycles. The second-order valence-electron chi connectivity index (χ2n) is 1.82. The molecule has 0 aliphatic rings. The molecule has 0 aromatic rings. The van der Waals surface area contributed by atoms with E-state index in [4.69, 9.17) is 13.3 Å². The number of rotatable bonds is 3. The molecule has 0 spiro atoms. The van der Waals surface area contributed by atoms with Crippen molar-refractivity contribution in [3.63, 3.8) is 0 Å². The lowest BCUT2D eigenvalue weighted by molar-refractivity contribution is 0.321. The Morgan fingerprint density at radius 3 is 1.27 bits per heavy atom. The Balaban J connectivity index is 0. The molecule has 0 unspecified atom stereocenters. The highest BCUT2D eigenvalue weighted by Crippen LogP contribution is 1.81. The van der Waals surface area contributed by atoms with Crippen molar-refractivity contribution in [2.24, 2.45) is 0 Å². The lowest BCUT2D eigenvalue weighted by Gasteiger charge is -2.13. The third-order valence-corrected chi connectivity index (χ3v) is 1.34. The van der Waals surface area contributed by atoms with Gasteiger partial charge in [-0.25, -0.2) is 0 Å². The van der Waals surface area contributed by atoms with E-state index in [9.17, 15) is 0 Å². The van der Waals surface area contributed by atoms with Crippen LogP contribution in [0.25, 0.3) is 0 Å². The summed E-state index contributed by atoms with van der Waals surface area (Å²) in [7, 11) is 0. The van der Waals surface area contributed by atoms with Crippen LogP contribution >= 0.6 is 0 Å². The van der Waals surface area contributed by atoms with Crippen LogP contribution in [0.4, 0.5) is 0 Å². The van der Waals surface area contributed by atoms with Gasteiger partial charge in [0.15, 0.2) is 0 Å². The molecule has 0 fully saturated rings. The highest BCUT2D eigenvalue weighted by atomic mass is 32.2. The first-order chi connectivity index (χ1) is 5.08. The van der Waals surface area contributed by atoms with Gasteiger partial charge in [0.2, 0.25) is 0 Å². The Morgan fingerprint density at radius 1 is 1.09 bits per heavy atom. The first kappa shape index (κ1) is 13.6. The topological polar surface area (TPSA) is 66.4 Å². The standard InChI is InChI=1S/C6H15N.H2O3S/c1-4-7(5-2)6-3;1-4(2)3/h4-6H2,1-3H3;(H2,1,2,3)/p-2. The van der Waals surface area contributed by atoms with Gasteiger partial charge in [-0.1, -0.05) is 20.8 Å². The molecule has 0 amide bonds. The van der Waals surface area contributed by atoms with Crippen molar-refractivity contribution in [2.75, 3.05) is 19.6 Å². The maximum absolute atomic E-state index is 8.44. The molecule has 0 radical (unpaired) electrons. The minimum absolute atomic E-state index is 1.19. The average molecular weight is 181 g/mol. The summed E-state index contributed by atoms with van der Waals surface area (Å²) in [6.07, 6.45) is 0. The zero-order valence-corrected chi connectivity index (χ0v) is 8.02. The summed E-state index contributed by atoms with van der Waals surface area (Å²) in [5.41, 5.74) is 0. The molecule has 0 aliphatic heterocycles. The summed E-state index contributed by atoms with van der Waals surface area (Å²) < 4.78 is 25.3. The predicted molar refractivity (Wildman–Crippen MR) is 43.2 cm³/mol. The summed E-state index contributed by atoms with van der Waals surface area (Å²) in [5, 5.41) is 0. The highest BCUT2D eigenvalue weighted by molar-refractivity contribution is 7.72. The number of nitrogens with zero attached hydrogens (tertiary/aromatic N) is 1. The fourth-order valence-corrected chi connectivity index (χ4v) is 0.671. The Kier molecular flexibility index (Phi) is 12.4. The first-order valence-electron chi connectivity index (χ1n) is 3.57. The lowest BCUT2D eigenvalue weighted by Crippen LogP contribution is -2.21. The van der Waals surface area contributed by atoms with Crippen LogP contribution in [-0.4, -0.2) is 37.8 Å². The van der Waals surface area contributed by atoms with Crippen LogP contribution in [0.15, 0.2) is 0 Å². The van der Waals surface area contributed by atoms with Gasteiger partial charge in [-0.2, -0.15) is 0 Å². The molecule has 70 valence electrons. The Labute approximate surface area is 70.7 Å². The second kappa shape index (κ2) is 10.0. The number of hydrogen-bond donors (Lipinski definition) is 0. The second-order valence-corrected chi connectivity index (χ2v) is 2.23. The van der Waals surface area contributed by atoms with E-state index >= 15 is 0 Å². The highest BCUT2D eigenvalue weighted by Gasteiger charge is 1.89. The van der Waals surface area contributed by atoms with Crippen molar-refractivity contribution < 1.29 is 13.3 Å². The van der Waals surface area contributed by atoms with Crippen LogP contribution < -0.4 is 0 Å². The van der Waals surface area contributed by atoms with Crippen LogP contribution in [0.5, 0.6) is 0 Å². The smallest absolute Gasteiger partial charge is 0.00474 e. The van der Waals surface area contributed by atoms with Crippen molar-refractivity contribution in [3.05, 3.63) is 0 Å². The molecule has 0 aromatic heterocycles. The summed E-state index contributed by atoms with van der Waals surface area (Å²) >= 11 is -3.11. The van der Waals surface area contributed by atoms with Gasteiger partial charge in [0, 0.05) is 0 Å². The molecule has 0 N–H and O–H groups in total. The quantitative estimate of drug-likeness (QED) is 0.589. The van der Waals surface area contributed by atoms with E-state index in [1.807, 2.05) is 0 Å². The van der Waals surface area contributed by atoms with Gasteiger partial charge >= 0.3 is 0 Å². The molecule has 0 atom stereocenters. The van der Waals surface area contributed by atoms with E-state index in [0.717, 1.165) is 0 Å². The molecule has 4 nitrogen and oxygen atoms in total. The van der Waals surface area contributed by atoms with E-state index < -0.39 is 11.4 Å². The van der Waals surface area contributed by atoms with Gasteiger partial charge in [0.25, 0.3) is 0 Å². The summed E-state index contributed by atoms with van der Waals surface area (Å²) in [5.74, 6) is 0. The van der Waals surface area contributed by atoms with Gasteiger partial charge in [0.05, 0.1) is 0 Å². The van der Waals surface area contributed by atoms with Gasteiger partial charge in [0.1, 0.15) is 0 Å². The zero-order chi connectivity index (χ0) is 9.28. The van der Waals surface area contributed by atoms with Crippen molar-refractivity contribution in [1.29, 1.82) is 0 Å². The zero-order valence-electron chi connectivity index (χ0n) is 7.20. The first-order valence-corrected chi connectivity index (χ1v) is 4.57. The summed E-state index contributed by atoms with van der Waals surface area (Å²) in [6.45, 7) is 10.1. The van der Waals surface area contributed by atoms with Crippen molar-refractivity contribution in [2.45, 2.75) is 20.8 Å². The molecule has 11 heavy (non-hydrogen) atoms. The van der Waals surface area contributed by atoms with E-state index in [1.165, 1.54) is 19.6 Å². The maximum Gasteiger partial charge on any atom is -0.00474 e. The molecule has 5 heteroatoms. The molecule has 0 heterocycles. The normalized spacial score (nSPS) is 9.73. The molecule has 0 saturated heterocycles. The SMILES string of the molecule is CCN(CC)CC.O=S([O-])[O-]. The maximum atomic E-state index is 8.44.